The van der Waals surface area contributed by atoms with Crippen molar-refractivity contribution in [2.45, 2.75) is 38.0 Å². The number of nitrogens with one attached hydrogen (secondary N) is 2. The summed E-state index contributed by atoms with van der Waals surface area (Å²) in [6, 6.07) is 16.4. The maximum absolute atomic E-state index is 12.5. The van der Waals surface area contributed by atoms with Crippen LogP contribution in [0.1, 0.15) is 41.6 Å². The Hall–Kier alpha value is -3.39. The van der Waals surface area contributed by atoms with Gasteiger partial charge < -0.3 is 15.2 Å². The number of carbonyl (C=O) groups excluding carboxylic acids is 2. The van der Waals surface area contributed by atoms with Crippen LogP contribution in [-0.4, -0.2) is 32.3 Å². The van der Waals surface area contributed by atoms with Crippen LogP contribution < -0.4 is 10.6 Å². The number of benzene rings is 2. The van der Waals surface area contributed by atoms with Crippen LogP contribution in [0.3, 0.4) is 0 Å². The molecule has 32 heavy (non-hydrogen) atoms. The van der Waals surface area contributed by atoms with E-state index in [9.17, 15) is 9.59 Å². The van der Waals surface area contributed by atoms with Gasteiger partial charge in [-0.3, -0.25) is 9.59 Å². The normalized spacial score (nSPS) is 11.6. The molecule has 0 bridgehead atoms. The molecule has 0 aliphatic carbocycles. The molecule has 1 heterocycles. The van der Waals surface area contributed by atoms with E-state index in [1.807, 2.05) is 54.0 Å². The molecule has 8 heteroatoms. The average molecular weight is 450 g/mol. The second-order valence-corrected chi connectivity index (χ2v) is 8.13. The van der Waals surface area contributed by atoms with Gasteiger partial charge in [0.1, 0.15) is 0 Å². The van der Waals surface area contributed by atoms with E-state index < -0.39 is 0 Å². The summed E-state index contributed by atoms with van der Waals surface area (Å²) in [5.74, 6) is 0.482. The van der Waals surface area contributed by atoms with E-state index in [4.69, 9.17) is 0 Å². The molecule has 0 saturated carbocycles. The summed E-state index contributed by atoms with van der Waals surface area (Å²) in [7, 11) is 0. The maximum atomic E-state index is 12.5. The highest BCUT2D eigenvalue weighted by atomic mass is 32.2. The SMILES string of the molecule is C=CCn1c(SCC(=O)Nc2ccc(CC)cc2)nnc1[C@H](C)NC(=O)c1ccccc1. The van der Waals surface area contributed by atoms with Crippen LogP contribution in [0.4, 0.5) is 5.69 Å². The Bertz CT molecular complexity index is 1060. The first kappa shape index (κ1) is 23.3. The fourth-order valence-electron chi connectivity index (χ4n) is 3.11. The first-order valence-electron chi connectivity index (χ1n) is 10.4. The van der Waals surface area contributed by atoms with Crippen LogP contribution in [0, 0.1) is 0 Å². The minimum absolute atomic E-state index is 0.126. The molecule has 0 saturated heterocycles. The average Bonchev–Trinajstić information content (AvgIpc) is 3.21. The van der Waals surface area contributed by atoms with Crippen molar-refractivity contribution in [3.8, 4) is 0 Å². The van der Waals surface area contributed by atoms with Crippen LogP contribution in [-0.2, 0) is 17.8 Å². The molecule has 0 radical (unpaired) electrons. The minimum Gasteiger partial charge on any atom is -0.342 e. The van der Waals surface area contributed by atoms with Gasteiger partial charge in [0, 0.05) is 17.8 Å². The molecule has 166 valence electrons. The van der Waals surface area contributed by atoms with Crippen molar-refractivity contribution in [3.05, 3.63) is 84.2 Å². The Kier molecular flexibility index (Phi) is 8.21. The first-order chi connectivity index (χ1) is 15.5. The van der Waals surface area contributed by atoms with Crippen LogP contribution in [0.2, 0.25) is 0 Å². The molecular weight excluding hydrogens is 422 g/mol. The number of nitrogens with zero attached hydrogens (tertiary/aromatic N) is 3. The van der Waals surface area contributed by atoms with E-state index in [1.54, 1.807) is 18.2 Å². The van der Waals surface area contributed by atoms with E-state index in [0.29, 0.717) is 23.1 Å². The third-order valence-corrected chi connectivity index (χ3v) is 5.77. The first-order valence-corrected chi connectivity index (χ1v) is 11.4. The van der Waals surface area contributed by atoms with Gasteiger partial charge in [-0.25, -0.2) is 0 Å². The smallest absolute Gasteiger partial charge is 0.251 e. The lowest BCUT2D eigenvalue weighted by molar-refractivity contribution is -0.113. The predicted octanol–water partition coefficient (Wildman–Crippen LogP) is 4.25. The van der Waals surface area contributed by atoms with Crippen molar-refractivity contribution >= 4 is 29.3 Å². The number of carbonyl (C=O) groups is 2. The molecule has 1 atom stereocenters. The predicted molar refractivity (Wildman–Crippen MR) is 128 cm³/mol. The van der Waals surface area contributed by atoms with E-state index in [-0.39, 0.29) is 23.6 Å². The van der Waals surface area contributed by atoms with E-state index in [1.165, 1.54) is 17.3 Å². The quantitative estimate of drug-likeness (QED) is 0.357. The molecule has 3 aromatic rings. The van der Waals surface area contributed by atoms with Gasteiger partial charge in [0.05, 0.1) is 11.8 Å². The zero-order valence-corrected chi connectivity index (χ0v) is 19.1. The molecule has 7 nitrogen and oxygen atoms in total. The summed E-state index contributed by atoms with van der Waals surface area (Å²) in [6.45, 7) is 8.21. The van der Waals surface area contributed by atoms with Gasteiger partial charge in [0.15, 0.2) is 11.0 Å². The number of allylic oxidation sites excluding steroid dienone is 1. The van der Waals surface area contributed by atoms with Crippen LogP contribution in [0.5, 0.6) is 0 Å². The third kappa shape index (κ3) is 6.07. The van der Waals surface area contributed by atoms with Gasteiger partial charge in [0.2, 0.25) is 5.91 Å². The maximum Gasteiger partial charge on any atom is 0.251 e. The highest BCUT2D eigenvalue weighted by Crippen LogP contribution is 2.21. The lowest BCUT2D eigenvalue weighted by atomic mass is 10.1. The molecule has 0 fully saturated rings. The Morgan fingerprint density at radius 3 is 2.50 bits per heavy atom. The van der Waals surface area contributed by atoms with E-state index in [0.717, 1.165) is 12.1 Å². The summed E-state index contributed by atoms with van der Waals surface area (Å²) in [4.78, 5) is 24.9. The lowest BCUT2D eigenvalue weighted by Crippen LogP contribution is -2.28. The molecular formula is C24H27N5O2S. The Morgan fingerprint density at radius 2 is 1.84 bits per heavy atom. The Labute approximate surface area is 192 Å². The minimum atomic E-state index is -0.365. The second-order valence-electron chi connectivity index (χ2n) is 7.19. The lowest BCUT2D eigenvalue weighted by Gasteiger charge is -2.15. The Balaban J connectivity index is 1.63. The van der Waals surface area contributed by atoms with Gasteiger partial charge in [-0.2, -0.15) is 0 Å². The number of aryl methyl sites for hydroxylation is 1. The summed E-state index contributed by atoms with van der Waals surface area (Å²) in [6.07, 6.45) is 2.69. The van der Waals surface area contributed by atoms with Crippen molar-refractivity contribution in [2.75, 3.05) is 11.1 Å². The molecule has 0 aliphatic heterocycles. The third-order valence-electron chi connectivity index (χ3n) is 4.81. The van der Waals surface area contributed by atoms with Crippen molar-refractivity contribution < 1.29 is 9.59 Å². The standard InChI is InChI=1S/C24H27N5O2S/c1-4-15-29-22(17(3)25-23(31)19-9-7-6-8-10-19)27-28-24(29)32-16-21(30)26-20-13-11-18(5-2)12-14-20/h4,6-14,17H,1,5,15-16H2,2-3H3,(H,25,31)(H,26,30)/t17-/m0/s1. The van der Waals surface area contributed by atoms with Crippen molar-refractivity contribution in [1.29, 1.82) is 0 Å². The topological polar surface area (TPSA) is 88.9 Å². The number of anilines is 1. The second kappa shape index (κ2) is 11.3. The highest BCUT2D eigenvalue weighted by Gasteiger charge is 2.20. The summed E-state index contributed by atoms with van der Waals surface area (Å²) in [5.41, 5.74) is 2.56. The number of rotatable bonds is 10. The molecule has 2 aromatic carbocycles. The summed E-state index contributed by atoms with van der Waals surface area (Å²) < 4.78 is 1.86. The molecule has 2 amide bonds. The molecule has 0 unspecified atom stereocenters. The van der Waals surface area contributed by atoms with Crippen LogP contribution in [0.25, 0.3) is 0 Å². The number of thioether (sulfide) groups is 1. The molecule has 1 aromatic heterocycles. The van der Waals surface area contributed by atoms with Gasteiger partial charge >= 0.3 is 0 Å². The molecule has 2 N–H and O–H groups in total. The Morgan fingerprint density at radius 1 is 1.12 bits per heavy atom. The number of hydrogen-bond donors (Lipinski definition) is 2. The zero-order valence-electron chi connectivity index (χ0n) is 18.2. The zero-order chi connectivity index (χ0) is 22.9. The van der Waals surface area contributed by atoms with E-state index >= 15 is 0 Å². The van der Waals surface area contributed by atoms with Gasteiger partial charge in [-0.15, -0.1) is 16.8 Å². The number of hydrogen-bond acceptors (Lipinski definition) is 5. The van der Waals surface area contributed by atoms with Crippen molar-refractivity contribution in [1.82, 2.24) is 20.1 Å². The van der Waals surface area contributed by atoms with Crippen LogP contribution in [0.15, 0.2) is 72.4 Å². The monoisotopic (exact) mass is 449 g/mol. The highest BCUT2D eigenvalue weighted by molar-refractivity contribution is 7.99. The summed E-state index contributed by atoms with van der Waals surface area (Å²) in [5, 5.41) is 14.9. The molecule has 0 spiro atoms. The van der Waals surface area contributed by atoms with Gasteiger partial charge in [-0.1, -0.05) is 55.1 Å². The largest absolute Gasteiger partial charge is 0.342 e. The van der Waals surface area contributed by atoms with Crippen LogP contribution >= 0.6 is 11.8 Å². The summed E-state index contributed by atoms with van der Waals surface area (Å²) >= 11 is 1.29. The van der Waals surface area contributed by atoms with Crippen molar-refractivity contribution in [2.24, 2.45) is 0 Å². The van der Waals surface area contributed by atoms with Crippen molar-refractivity contribution in [3.63, 3.8) is 0 Å². The van der Waals surface area contributed by atoms with Gasteiger partial charge in [0.25, 0.3) is 5.91 Å². The molecule has 0 aliphatic rings. The number of amides is 2. The fraction of sp³-hybridized carbons (Fsp3) is 0.250. The van der Waals surface area contributed by atoms with Gasteiger partial charge in [-0.05, 0) is 43.2 Å². The fourth-order valence-corrected chi connectivity index (χ4v) is 3.87. The molecule has 3 rings (SSSR count). The van der Waals surface area contributed by atoms with E-state index in [2.05, 4.69) is 34.3 Å². The number of aromatic nitrogens is 3.